The Bertz CT molecular complexity index is 632. The van der Waals surface area contributed by atoms with E-state index in [2.05, 4.69) is 23.7 Å². The molecule has 4 heteroatoms. The molecule has 4 nitrogen and oxygen atoms in total. The lowest BCUT2D eigenvalue weighted by molar-refractivity contribution is 0.202. The first-order chi connectivity index (χ1) is 10.7. The summed E-state index contributed by atoms with van der Waals surface area (Å²) >= 11 is 0. The van der Waals surface area contributed by atoms with Gasteiger partial charge in [-0.15, -0.1) is 0 Å². The molecule has 0 saturated carbocycles. The summed E-state index contributed by atoms with van der Waals surface area (Å²) in [5.74, 6) is 1.74. The molecule has 1 aromatic heterocycles. The van der Waals surface area contributed by atoms with Crippen LogP contribution in [0.1, 0.15) is 26.7 Å². The van der Waals surface area contributed by atoms with E-state index in [1.165, 1.54) is 6.42 Å². The second-order valence-corrected chi connectivity index (χ2v) is 5.82. The van der Waals surface area contributed by atoms with Crippen LogP contribution in [-0.2, 0) is 0 Å². The number of likely N-dealkylation sites (tertiary alicyclic amines) is 1. The predicted molar refractivity (Wildman–Crippen MR) is 88.7 cm³/mol. The number of nitrogens with zero attached hydrogens (tertiary/aromatic N) is 2. The first-order valence-electron chi connectivity index (χ1n) is 8.08. The molecule has 118 valence electrons. The van der Waals surface area contributed by atoms with Crippen LogP contribution >= 0.6 is 0 Å². The fourth-order valence-electron chi connectivity index (χ4n) is 3.35. The van der Waals surface area contributed by atoms with E-state index in [0.29, 0.717) is 6.04 Å². The molecule has 0 radical (unpaired) electrons. The molecule has 1 aliphatic heterocycles. The number of likely N-dealkylation sites (N-methyl/N-ethyl adjacent to an activating group) is 1. The van der Waals surface area contributed by atoms with E-state index in [1.807, 2.05) is 24.3 Å². The van der Waals surface area contributed by atoms with Crippen LogP contribution in [0.3, 0.4) is 0 Å². The second kappa shape index (κ2) is 6.53. The number of pyridine rings is 1. The van der Waals surface area contributed by atoms with Crippen molar-refractivity contribution >= 4 is 10.9 Å². The van der Waals surface area contributed by atoms with Crippen molar-refractivity contribution in [2.75, 3.05) is 20.2 Å². The molecule has 0 aliphatic carbocycles. The predicted octanol–water partition coefficient (Wildman–Crippen LogP) is 3.50. The molecule has 1 fully saturated rings. The molecule has 2 unspecified atom stereocenters. The second-order valence-electron chi connectivity index (χ2n) is 5.82. The number of rotatable bonds is 5. The Kier molecular flexibility index (Phi) is 4.48. The first-order valence-corrected chi connectivity index (χ1v) is 8.08. The summed E-state index contributed by atoms with van der Waals surface area (Å²) in [6, 6.07) is 8.54. The Morgan fingerprint density at radius 2 is 2.14 bits per heavy atom. The average molecular weight is 300 g/mol. The van der Waals surface area contributed by atoms with E-state index in [0.717, 1.165) is 41.9 Å². The maximum Gasteiger partial charge on any atom is 0.130 e. The molecule has 2 aromatic rings. The third-order valence-corrected chi connectivity index (χ3v) is 4.57. The molecule has 0 N–H and O–H groups in total. The van der Waals surface area contributed by atoms with Crippen molar-refractivity contribution in [3.8, 4) is 11.5 Å². The Labute approximate surface area is 132 Å². The summed E-state index contributed by atoms with van der Waals surface area (Å²) in [5.41, 5.74) is 0.911. The molecule has 1 aliphatic rings. The molecule has 0 spiro atoms. The molecule has 1 saturated heterocycles. The van der Waals surface area contributed by atoms with Crippen LogP contribution < -0.4 is 9.47 Å². The highest BCUT2D eigenvalue weighted by Crippen LogP contribution is 2.30. The topological polar surface area (TPSA) is 34.6 Å². The summed E-state index contributed by atoms with van der Waals surface area (Å²) < 4.78 is 11.6. The van der Waals surface area contributed by atoms with E-state index in [9.17, 15) is 0 Å². The third-order valence-electron chi connectivity index (χ3n) is 4.57. The van der Waals surface area contributed by atoms with Crippen molar-refractivity contribution in [2.24, 2.45) is 0 Å². The van der Waals surface area contributed by atoms with Gasteiger partial charge in [0.2, 0.25) is 0 Å². The lowest BCUT2D eigenvalue weighted by atomic mass is 10.1. The van der Waals surface area contributed by atoms with Gasteiger partial charge in [-0.2, -0.15) is 0 Å². The quantitative estimate of drug-likeness (QED) is 0.846. The van der Waals surface area contributed by atoms with Gasteiger partial charge in [-0.1, -0.05) is 13.8 Å². The number of hydrogen-bond donors (Lipinski definition) is 0. The van der Waals surface area contributed by atoms with Gasteiger partial charge in [0.15, 0.2) is 0 Å². The molecule has 0 amide bonds. The maximum absolute atomic E-state index is 6.30. The maximum atomic E-state index is 6.30. The van der Waals surface area contributed by atoms with Gasteiger partial charge >= 0.3 is 0 Å². The number of hydrogen-bond acceptors (Lipinski definition) is 4. The molecule has 1 aromatic carbocycles. The fraction of sp³-hybridized carbons (Fsp3) is 0.500. The normalized spacial score (nSPS) is 22.1. The minimum Gasteiger partial charge on any atom is -0.497 e. The van der Waals surface area contributed by atoms with Crippen molar-refractivity contribution in [3.63, 3.8) is 0 Å². The minimum atomic E-state index is 0.262. The molecular weight excluding hydrogens is 276 g/mol. The van der Waals surface area contributed by atoms with Crippen molar-refractivity contribution in [2.45, 2.75) is 38.8 Å². The van der Waals surface area contributed by atoms with E-state index >= 15 is 0 Å². The number of ether oxygens (including phenoxy) is 2. The van der Waals surface area contributed by atoms with Gasteiger partial charge in [-0.25, -0.2) is 0 Å². The van der Waals surface area contributed by atoms with Crippen molar-refractivity contribution < 1.29 is 9.47 Å². The van der Waals surface area contributed by atoms with Crippen LogP contribution in [0.5, 0.6) is 11.5 Å². The van der Waals surface area contributed by atoms with E-state index < -0.39 is 0 Å². The monoisotopic (exact) mass is 300 g/mol. The van der Waals surface area contributed by atoms with Gasteiger partial charge in [0.05, 0.1) is 12.6 Å². The van der Waals surface area contributed by atoms with E-state index in [1.54, 1.807) is 13.3 Å². The smallest absolute Gasteiger partial charge is 0.130 e. The minimum absolute atomic E-state index is 0.262. The number of methoxy groups -OCH3 is 1. The highest BCUT2D eigenvalue weighted by Gasteiger charge is 2.31. The number of fused-ring (bicyclic) bond motifs is 1. The summed E-state index contributed by atoms with van der Waals surface area (Å²) in [6.45, 7) is 6.57. The molecular formula is C18H24N2O2. The summed E-state index contributed by atoms with van der Waals surface area (Å²) in [5, 5.41) is 1.05. The Hall–Kier alpha value is -1.81. The van der Waals surface area contributed by atoms with E-state index in [4.69, 9.17) is 9.47 Å². The van der Waals surface area contributed by atoms with Crippen molar-refractivity contribution in [1.29, 1.82) is 0 Å². The number of benzene rings is 1. The average Bonchev–Trinajstić information content (AvgIpc) is 2.96. The Morgan fingerprint density at radius 1 is 1.27 bits per heavy atom. The Morgan fingerprint density at radius 3 is 2.82 bits per heavy atom. The summed E-state index contributed by atoms with van der Waals surface area (Å²) in [6.07, 6.45) is 4.35. The van der Waals surface area contributed by atoms with Crippen LogP contribution in [0.25, 0.3) is 10.9 Å². The lowest BCUT2D eigenvalue weighted by Gasteiger charge is -2.20. The van der Waals surface area contributed by atoms with Gasteiger partial charge in [0, 0.05) is 36.7 Å². The molecule has 3 rings (SSSR count). The molecule has 22 heavy (non-hydrogen) atoms. The first kappa shape index (κ1) is 15.1. The van der Waals surface area contributed by atoms with Crippen LogP contribution in [0.15, 0.2) is 30.5 Å². The van der Waals surface area contributed by atoms with E-state index in [-0.39, 0.29) is 6.10 Å². The fourth-order valence-corrected chi connectivity index (χ4v) is 3.35. The van der Waals surface area contributed by atoms with Gasteiger partial charge in [0.1, 0.15) is 17.6 Å². The standard InChI is InChI=1S/C18H24N2O2/c1-4-13-10-15(12-20(13)5-2)22-18-8-9-19-17-11-14(21-3)6-7-16(17)18/h6-9,11,13,15H,4-5,10,12H2,1-3H3. The SMILES string of the molecule is CCC1CC(Oc2ccnc3cc(OC)ccc23)CN1CC. The van der Waals surface area contributed by atoms with Gasteiger partial charge < -0.3 is 9.47 Å². The molecule has 0 bridgehead atoms. The summed E-state index contributed by atoms with van der Waals surface area (Å²) in [4.78, 5) is 6.93. The summed E-state index contributed by atoms with van der Waals surface area (Å²) in [7, 11) is 1.67. The zero-order chi connectivity index (χ0) is 15.5. The highest BCUT2D eigenvalue weighted by atomic mass is 16.5. The highest BCUT2D eigenvalue weighted by molar-refractivity contribution is 5.85. The molecule has 2 atom stereocenters. The molecule has 2 heterocycles. The van der Waals surface area contributed by atoms with Gasteiger partial charge in [-0.05, 0) is 31.2 Å². The van der Waals surface area contributed by atoms with Crippen molar-refractivity contribution in [1.82, 2.24) is 9.88 Å². The number of aromatic nitrogens is 1. The Balaban J connectivity index is 1.82. The zero-order valence-electron chi connectivity index (χ0n) is 13.6. The third kappa shape index (κ3) is 2.88. The van der Waals surface area contributed by atoms with Crippen molar-refractivity contribution in [3.05, 3.63) is 30.5 Å². The van der Waals surface area contributed by atoms with Gasteiger partial charge in [-0.3, -0.25) is 9.88 Å². The lowest BCUT2D eigenvalue weighted by Crippen LogP contribution is -2.29. The van der Waals surface area contributed by atoms with Crippen LogP contribution in [0.2, 0.25) is 0 Å². The largest absolute Gasteiger partial charge is 0.497 e. The van der Waals surface area contributed by atoms with Crippen LogP contribution in [0.4, 0.5) is 0 Å². The van der Waals surface area contributed by atoms with Crippen LogP contribution in [0, 0.1) is 0 Å². The van der Waals surface area contributed by atoms with Gasteiger partial charge in [0.25, 0.3) is 0 Å². The van der Waals surface area contributed by atoms with Crippen LogP contribution in [-0.4, -0.2) is 42.2 Å². The zero-order valence-corrected chi connectivity index (χ0v) is 13.6.